The Morgan fingerprint density at radius 1 is 1.75 bits per heavy atom. The molecule has 0 heterocycles. The van der Waals surface area contributed by atoms with E-state index >= 15 is 0 Å². The summed E-state index contributed by atoms with van der Waals surface area (Å²) in [5.41, 5.74) is 1.20. The van der Waals surface area contributed by atoms with E-state index in [2.05, 4.69) is 21.2 Å². The molecular formula is C6H12BrN. The highest BCUT2D eigenvalue weighted by Crippen LogP contribution is 1.95. The maximum Gasteiger partial charge on any atom is 0.0786 e. The highest BCUT2D eigenvalue weighted by atomic mass is 79.9. The van der Waals surface area contributed by atoms with Crippen LogP contribution in [0.4, 0.5) is 0 Å². The second-order valence-electron chi connectivity index (χ2n) is 1.73. The molecule has 0 spiro atoms. The van der Waals surface area contributed by atoms with Gasteiger partial charge in [-0.05, 0) is 20.8 Å². The topological polar surface area (TPSA) is 12.0 Å². The van der Waals surface area contributed by atoms with Crippen LogP contribution in [0.15, 0.2) is 11.8 Å². The van der Waals surface area contributed by atoms with E-state index in [1.54, 1.807) is 0 Å². The molecule has 0 aliphatic carbocycles. The number of rotatable bonds is 2. The molecule has 0 amide bonds. The third-order valence-corrected chi connectivity index (χ3v) is 1.09. The normalized spacial score (nSPS) is 15.8. The Balaban J connectivity index is 3.39. The molecule has 0 radical (unpaired) electrons. The number of nitrogens with one attached hydrogen (secondary N) is 1. The quantitative estimate of drug-likeness (QED) is 0.505. The van der Waals surface area contributed by atoms with Crippen LogP contribution < -0.4 is 5.32 Å². The Morgan fingerprint density at radius 2 is 2.25 bits per heavy atom. The van der Waals surface area contributed by atoms with Crippen molar-refractivity contribution in [2.45, 2.75) is 25.7 Å². The van der Waals surface area contributed by atoms with Crippen molar-refractivity contribution in [3.05, 3.63) is 11.8 Å². The van der Waals surface area contributed by atoms with Gasteiger partial charge in [-0.25, -0.2) is 0 Å². The molecule has 0 aliphatic heterocycles. The van der Waals surface area contributed by atoms with E-state index in [0.717, 1.165) is 0 Å². The molecule has 1 N–H and O–H groups in total. The molecule has 1 nitrogen and oxygen atoms in total. The van der Waals surface area contributed by atoms with Crippen LogP contribution in [0.2, 0.25) is 0 Å². The molecule has 0 rings (SSSR count). The van der Waals surface area contributed by atoms with E-state index in [0.29, 0.717) is 4.95 Å². The lowest BCUT2D eigenvalue weighted by atomic mass is 10.4. The summed E-state index contributed by atoms with van der Waals surface area (Å²) >= 11 is 3.36. The monoisotopic (exact) mass is 177 g/mol. The molecule has 0 aromatic carbocycles. The van der Waals surface area contributed by atoms with Crippen molar-refractivity contribution < 1.29 is 0 Å². The Morgan fingerprint density at radius 3 is 2.38 bits per heavy atom. The summed E-state index contributed by atoms with van der Waals surface area (Å²) in [6, 6.07) is 0. The first-order valence-electron chi connectivity index (χ1n) is 2.70. The standard InChI is InChI=1S/C6H12BrN/c1-4-5(2)8-6(3)7/h4,6,8H,1-3H3/b5-4+. The first kappa shape index (κ1) is 8.02. The maximum atomic E-state index is 3.36. The van der Waals surface area contributed by atoms with Gasteiger partial charge in [-0.15, -0.1) is 0 Å². The predicted octanol–water partition coefficient (Wildman–Crippen LogP) is 2.24. The molecule has 8 heavy (non-hydrogen) atoms. The molecule has 0 aromatic heterocycles. The average Bonchev–Trinajstić information content (AvgIpc) is 1.65. The third kappa shape index (κ3) is 4.19. The fourth-order valence-electron chi connectivity index (χ4n) is 0.397. The van der Waals surface area contributed by atoms with Crippen LogP contribution >= 0.6 is 15.9 Å². The van der Waals surface area contributed by atoms with Gasteiger partial charge in [0.05, 0.1) is 4.95 Å². The van der Waals surface area contributed by atoms with Crippen LogP contribution in [0.3, 0.4) is 0 Å². The van der Waals surface area contributed by atoms with Gasteiger partial charge in [0, 0.05) is 5.70 Å². The van der Waals surface area contributed by atoms with Crippen LogP contribution in [0.25, 0.3) is 0 Å². The van der Waals surface area contributed by atoms with Crippen molar-refractivity contribution in [2.24, 2.45) is 0 Å². The first-order chi connectivity index (χ1) is 3.66. The van der Waals surface area contributed by atoms with Gasteiger partial charge in [-0.3, -0.25) is 0 Å². The van der Waals surface area contributed by atoms with E-state index in [4.69, 9.17) is 0 Å². The Kier molecular flexibility index (Phi) is 3.97. The Bertz CT molecular complexity index is 86.5. The zero-order valence-corrected chi connectivity index (χ0v) is 7.12. The summed E-state index contributed by atoms with van der Waals surface area (Å²) < 4.78 is 0. The molecule has 0 aliphatic rings. The molecule has 1 unspecified atom stereocenters. The summed E-state index contributed by atoms with van der Waals surface area (Å²) in [5, 5.41) is 3.17. The molecule has 0 saturated heterocycles. The molecule has 0 aromatic rings. The minimum atomic E-state index is 0.374. The molecule has 1 atom stereocenters. The molecule has 48 valence electrons. The van der Waals surface area contributed by atoms with Crippen molar-refractivity contribution >= 4 is 15.9 Å². The summed E-state index contributed by atoms with van der Waals surface area (Å²) in [7, 11) is 0. The largest absolute Gasteiger partial charge is 0.377 e. The second-order valence-corrected chi connectivity index (χ2v) is 3.11. The van der Waals surface area contributed by atoms with E-state index in [1.165, 1.54) is 5.70 Å². The van der Waals surface area contributed by atoms with Gasteiger partial charge < -0.3 is 5.32 Å². The lowest BCUT2D eigenvalue weighted by Crippen LogP contribution is -2.16. The van der Waals surface area contributed by atoms with Crippen molar-refractivity contribution in [3.8, 4) is 0 Å². The number of hydrogen-bond donors (Lipinski definition) is 1. The smallest absolute Gasteiger partial charge is 0.0786 e. The fourth-order valence-corrected chi connectivity index (χ4v) is 0.758. The third-order valence-electron chi connectivity index (χ3n) is 0.860. The van der Waals surface area contributed by atoms with Crippen molar-refractivity contribution in [2.75, 3.05) is 0 Å². The summed E-state index contributed by atoms with van der Waals surface area (Å²) in [5.74, 6) is 0. The first-order valence-corrected chi connectivity index (χ1v) is 3.62. The van der Waals surface area contributed by atoms with Crippen LogP contribution in [0.5, 0.6) is 0 Å². The van der Waals surface area contributed by atoms with Gasteiger partial charge in [0.25, 0.3) is 0 Å². The van der Waals surface area contributed by atoms with Crippen molar-refractivity contribution in [1.29, 1.82) is 0 Å². The molecule has 2 heteroatoms. The Hall–Kier alpha value is 0.0200. The van der Waals surface area contributed by atoms with E-state index in [-0.39, 0.29) is 0 Å². The zero-order chi connectivity index (χ0) is 6.57. The Labute approximate surface area is 59.3 Å². The average molecular weight is 178 g/mol. The van der Waals surface area contributed by atoms with Crippen LogP contribution in [-0.4, -0.2) is 4.95 Å². The van der Waals surface area contributed by atoms with Crippen LogP contribution in [0.1, 0.15) is 20.8 Å². The van der Waals surface area contributed by atoms with Gasteiger partial charge in [-0.1, -0.05) is 22.0 Å². The number of alkyl halides is 1. The van der Waals surface area contributed by atoms with Gasteiger partial charge in [-0.2, -0.15) is 0 Å². The number of allylic oxidation sites excluding steroid dienone is 2. The summed E-state index contributed by atoms with van der Waals surface area (Å²) in [4.78, 5) is 0.374. The van der Waals surface area contributed by atoms with Gasteiger partial charge >= 0.3 is 0 Å². The van der Waals surface area contributed by atoms with Crippen LogP contribution in [-0.2, 0) is 0 Å². The van der Waals surface area contributed by atoms with E-state index < -0.39 is 0 Å². The number of hydrogen-bond acceptors (Lipinski definition) is 1. The molecule has 0 saturated carbocycles. The van der Waals surface area contributed by atoms with Gasteiger partial charge in [0.1, 0.15) is 0 Å². The fraction of sp³-hybridized carbons (Fsp3) is 0.667. The number of halogens is 1. The SMILES string of the molecule is C/C=C(\C)NC(C)Br. The van der Waals surface area contributed by atoms with Gasteiger partial charge in [0.2, 0.25) is 0 Å². The lowest BCUT2D eigenvalue weighted by molar-refractivity contribution is 0.812. The predicted molar refractivity (Wildman–Crippen MR) is 41.0 cm³/mol. The summed E-state index contributed by atoms with van der Waals surface area (Å²) in [6.45, 7) is 6.10. The maximum absolute atomic E-state index is 3.36. The molecule has 0 fully saturated rings. The van der Waals surface area contributed by atoms with Crippen molar-refractivity contribution in [3.63, 3.8) is 0 Å². The molecule has 0 bridgehead atoms. The van der Waals surface area contributed by atoms with E-state index in [9.17, 15) is 0 Å². The van der Waals surface area contributed by atoms with Crippen LogP contribution in [0, 0.1) is 0 Å². The van der Waals surface area contributed by atoms with Gasteiger partial charge in [0.15, 0.2) is 0 Å². The molecular weight excluding hydrogens is 166 g/mol. The highest BCUT2D eigenvalue weighted by Gasteiger charge is 1.89. The second kappa shape index (κ2) is 3.96. The van der Waals surface area contributed by atoms with Crippen molar-refractivity contribution in [1.82, 2.24) is 5.32 Å². The van der Waals surface area contributed by atoms with E-state index in [1.807, 2.05) is 26.8 Å². The lowest BCUT2D eigenvalue weighted by Gasteiger charge is -2.06. The highest BCUT2D eigenvalue weighted by molar-refractivity contribution is 9.09. The summed E-state index contributed by atoms with van der Waals surface area (Å²) in [6.07, 6.45) is 2.04. The zero-order valence-electron chi connectivity index (χ0n) is 5.53. The minimum absolute atomic E-state index is 0.374. The minimum Gasteiger partial charge on any atom is -0.377 e.